The summed E-state index contributed by atoms with van der Waals surface area (Å²) in [6.07, 6.45) is 2.12. The molecule has 3 aliphatic rings. The number of urea groups is 1. The smallest absolute Gasteiger partial charge is 0.324 e. The monoisotopic (exact) mass is 504 g/mol. The molecule has 0 aromatic heterocycles. The number of carbonyl (C=O) groups excluding carboxylic acids is 4. The van der Waals surface area contributed by atoms with Crippen LogP contribution in [-0.4, -0.2) is 65.9 Å². The predicted octanol–water partition coefficient (Wildman–Crippen LogP) is 2.66. The van der Waals surface area contributed by atoms with E-state index >= 15 is 0 Å². The zero-order valence-corrected chi connectivity index (χ0v) is 21.2. The molecule has 1 aliphatic carbocycles. The first-order valence-electron chi connectivity index (χ1n) is 12.7. The third-order valence-electron chi connectivity index (χ3n) is 7.96. The van der Waals surface area contributed by atoms with Gasteiger partial charge in [0.05, 0.1) is 6.04 Å². The van der Waals surface area contributed by atoms with E-state index in [1.165, 1.54) is 4.90 Å². The van der Waals surface area contributed by atoms with Crippen molar-refractivity contribution in [3.63, 3.8) is 0 Å². The largest absolute Gasteiger partial charge is 0.381 e. The molecule has 2 aromatic carbocycles. The van der Waals surface area contributed by atoms with Gasteiger partial charge in [-0.1, -0.05) is 36.4 Å². The lowest BCUT2D eigenvalue weighted by molar-refractivity contribution is -0.143. The predicted molar refractivity (Wildman–Crippen MR) is 137 cm³/mol. The fourth-order valence-electron chi connectivity index (χ4n) is 5.63. The van der Waals surface area contributed by atoms with E-state index in [1.54, 1.807) is 18.0 Å². The second kappa shape index (κ2) is 9.97. The van der Waals surface area contributed by atoms with E-state index in [9.17, 15) is 19.2 Å². The van der Waals surface area contributed by atoms with Gasteiger partial charge in [-0.25, -0.2) is 4.79 Å². The van der Waals surface area contributed by atoms with E-state index in [-0.39, 0.29) is 36.2 Å². The molecule has 2 heterocycles. The van der Waals surface area contributed by atoms with Crippen molar-refractivity contribution in [2.45, 2.75) is 44.2 Å². The number of ether oxygens (including phenoxy) is 1. The Morgan fingerprint density at radius 1 is 1.11 bits per heavy atom. The second-order valence-electron chi connectivity index (χ2n) is 10.2. The van der Waals surface area contributed by atoms with Gasteiger partial charge in [-0.05, 0) is 48.6 Å². The number of nitrogens with one attached hydrogen (secondary N) is 2. The molecule has 9 nitrogen and oxygen atoms in total. The fourth-order valence-corrected chi connectivity index (χ4v) is 5.63. The molecule has 2 saturated heterocycles. The number of hydrogen-bond donors (Lipinski definition) is 2. The minimum atomic E-state index is -0.917. The lowest BCUT2D eigenvalue weighted by Crippen LogP contribution is -2.48. The lowest BCUT2D eigenvalue weighted by atomic mass is 9.95. The van der Waals surface area contributed by atoms with Gasteiger partial charge in [-0.3, -0.25) is 19.7 Å². The summed E-state index contributed by atoms with van der Waals surface area (Å²) in [4.78, 5) is 54.4. The molecule has 5 rings (SSSR count). The summed E-state index contributed by atoms with van der Waals surface area (Å²) < 4.78 is 5.43. The summed E-state index contributed by atoms with van der Waals surface area (Å²) in [5, 5.41) is 5.34. The Hall–Kier alpha value is -3.72. The summed E-state index contributed by atoms with van der Waals surface area (Å²) in [7, 11) is 1.63. The number of likely N-dealkylation sites (N-methyl/N-ethyl adjacent to an activating group) is 1. The minimum absolute atomic E-state index is 0.0364. The summed E-state index contributed by atoms with van der Waals surface area (Å²) in [6, 6.07) is 14.6. The van der Waals surface area contributed by atoms with Crippen LogP contribution in [0.3, 0.4) is 0 Å². The standard InChI is InChI=1S/C28H32N4O5/c1-18(19-6-4-3-5-7-19)32(25(34)20-10-12-37-13-11-20)17-24(33)29-23-9-8-21-15-28(16-22(21)14-23)26(35)30-27(36)31(28)2/h3-9,14,18,20H,10-13,15-17H2,1-2H3,(H,29,33)(H,30,35,36)/t18-,28+/m1/s1. The number of amides is 5. The molecule has 37 heavy (non-hydrogen) atoms. The zero-order chi connectivity index (χ0) is 26.2. The third kappa shape index (κ3) is 4.71. The number of anilines is 1. The number of nitrogens with zero attached hydrogens (tertiary/aromatic N) is 2. The minimum Gasteiger partial charge on any atom is -0.381 e. The molecule has 2 N–H and O–H groups in total. The topological polar surface area (TPSA) is 108 Å². The Morgan fingerprint density at radius 3 is 2.49 bits per heavy atom. The second-order valence-corrected chi connectivity index (χ2v) is 10.2. The van der Waals surface area contributed by atoms with Crippen LogP contribution in [0.15, 0.2) is 48.5 Å². The third-order valence-corrected chi connectivity index (χ3v) is 7.96. The summed E-state index contributed by atoms with van der Waals surface area (Å²) in [6.45, 7) is 2.96. The van der Waals surface area contributed by atoms with Gasteiger partial charge >= 0.3 is 6.03 Å². The Morgan fingerprint density at radius 2 is 1.81 bits per heavy atom. The van der Waals surface area contributed by atoms with Gasteiger partial charge in [0.2, 0.25) is 11.8 Å². The first-order chi connectivity index (χ1) is 17.8. The van der Waals surface area contributed by atoms with Gasteiger partial charge in [0.25, 0.3) is 5.91 Å². The van der Waals surface area contributed by atoms with Gasteiger partial charge in [0.15, 0.2) is 0 Å². The number of hydrogen-bond acceptors (Lipinski definition) is 5. The molecule has 2 aromatic rings. The van der Waals surface area contributed by atoms with Crippen LogP contribution in [0.5, 0.6) is 0 Å². The Bertz CT molecular complexity index is 1230. The molecule has 2 fully saturated rings. The highest BCUT2D eigenvalue weighted by Gasteiger charge is 2.54. The summed E-state index contributed by atoms with van der Waals surface area (Å²) in [5.41, 5.74) is 2.54. The van der Waals surface area contributed by atoms with Gasteiger partial charge in [-0.2, -0.15) is 0 Å². The SMILES string of the molecule is C[C@H](c1ccccc1)N(CC(=O)Nc1ccc2c(c1)C[C@@]1(C2)C(=O)NC(=O)N1C)C(=O)C1CCOCC1. The van der Waals surface area contributed by atoms with Crippen molar-refractivity contribution in [1.82, 2.24) is 15.1 Å². The molecule has 0 unspecified atom stereocenters. The molecule has 2 atom stereocenters. The van der Waals surface area contributed by atoms with Crippen LogP contribution in [0.25, 0.3) is 0 Å². The van der Waals surface area contributed by atoms with Crippen molar-refractivity contribution in [3.05, 3.63) is 65.2 Å². The van der Waals surface area contributed by atoms with E-state index in [2.05, 4.69) is 10.6 Å². The summed E-state index contributed by atoms with van der Waals surface area (Å²) >= 11 is 0. The van der Waals surface area contributed by atoms with E-state index < -0.39 is 11.6 Å². The van der Waals surface area contributed by atoms with Crippen LogP contribution in [0.1, 0.15) is 42.5 Å². The zero-order valence-electron chi connectivity index (χ0n) is 21.2. The van der Waals surface area contributed by atoms with E-state index in [1.807, 2.05) is 49.4 Å². The van der Waals surface area contributed by atoms with E-state index in [0.717, 1.165) is 16.7 Å². The maximum absolute atomic E-state index is 13.5. The molecular weight excluding hydrogens is 472 g/mol. The molecule has 1 spiro atoms. The van der Waals surface area contributed by atoms with Crippen LogP contribution in [-0.2, 0) is 32.0 Å². The van der Waals surface area contributed by atoms with Gasteiger partial charge < -0.3 is 19.9 Å². The quantitative estimate of drug-likeness (QED) is 0.588. The molecule has 194 valence electrons. The Kier molecular flexibility index (Phi) is 6.72. The van der Waals surface area contributed by atoms with Crippen molar-refractivity contribution in [2.75, 3.05) is 32.1 Å². The van der Waals surface area contributed by atoms with Crippen LogP contribution in [0, 0.1) is 5.92 Å². The van der Waals surface area contributed by atoms with Crippen molar-refractivity contribution >= 4 is 29.4 Å². The molecule has 0 saturated carbocycles. The molecule has 0 bridgehead atoms. The molecule has 5 amide bonds. The van der Waals surface area contributed by atoms with Crippen molar-refractivity contribution in [3.8, 4) is 0 Å². The van der Waals surface area contributed by atoms with Gasteiger partial charge in [0, 0.05) is 44.7 Å². The van der Waals surface area contributed by atoms with E-state index in [4.69, 9.17) is 4.74 Å². The van der Waals surface area contributed by atoms with Crippen LogP contribution in [0.4, 0.5) is 10.5 Å². The Labute approximate surface area is 216 Å². The number of rotatable bonds is 6. The highest BCUT2D eigenvalue weighted by Crippen LogP contribution is 2.38. The summed E-state index contributed by atoms with van der Waals surface area (Å²) in [5.74, 6) is -0.785. The van der Waals surface area contributed by atoms with Crippen molar-refractivity contribution in [1.29, 1.82) is 0 Å². The highest BCUT2D eigenvalue weighted by molar-refractivity contribution is 6.07. The first kappa shape index (κ1) is 25.0. The van der Waals surface area contributed by atoms with E-state index in [0.29, 0.717) is 44.6 Å². The maximum Gasteiger partial charge on any atom is 0.324 e. The first-order valence-corrected chi connectivity index (χ1v) is 12.7. The fraction of sp³-hybridized carbons (Fsp3) is 0.429. The highest BCUT2D eigenvalue weighted by atomic mass is 16.5. The number of benzene rings is 2. The Balaban J connectivity index is 1.31. The normalized spacial score (nSPS) is 22.1. The molecular formula is C28H32N4O5. The molecule has 9 heteroatoms. The number of fused-ring (bicyclic) bond motifs is 1. The lowest BCUT2D eigenvalue weighted by Gasteiger charge is -2.33. The van der Waals surface area contributed by atoms with Crippen LogP contribution in [0.2, 0.25) is 0 Å². The van der Waals surface area contributed by atoms with Crippen LogP contribution >= 0.6 is 0 Å². The van der Waals surface area contributed by atoms with Crippen molar-refractivity contribution in [2.24, 2.45) is 5.92 Å². The van der Waals surface area contributed by atoms with Gasteiger partial charge in [-0.15, -0.1) is 0 Å². The average Bonchev–Trinajstić information content (AvgIpc) is 3.40. The maximum atomic E-state index is 13.5. The van der Waals surface area contributed by atoms with Crippen LogP contribution < -0.4 is 10.6 Å². The van der Waals surface area contributed by atoms with Crippen molar-refractivity contribution < 1.29 is 23.9 Å². The number of imide groups is 1. The molecule has 2 aliphatic heterocycles. The number of carbonyl (C=O) groups is 4. The average molecular weight is 505 g/mol. The molecule has 0 radical (unpaired) electrons. The van der Waals surface area contributed by atoms with Gasteiger partial charge in [0.1, 0.15) is 12.1 Å².